The lowest BCUT2D eigenvalue weighted by Crippen LogP contribution is -2.14. The summed E-state index contributed by atoms with van der Waals surface area (Å²) in [7, 11) is 0. The van der Waals surface area contributed by atoms with Gasteiger partial charge in [-0.25, -0.2) is 0 Å². The first-order valence-electron chi connectivity index (χ1n) is 5.60. The molecule has 1 aromatic heterocycles. The molecule has 0 radical (unpaired) electrons. The van der Waals surface area contributed by atoms with Crippen molar-refractivity contribution in [2.45, 2.75) is 0 Å². The van der Waals surface area contributed by atoms with Crippen molar-refractivity contribution in [3.05, 3.63) is 58.9 Å². The van der Waals surface area contributed by atoms with E-state index in [0.29, 0.717) is 16.8 Å². The molecule has 1 aromatic carbocycles. The second-order valence-corrected chi connectivity index (χ2v) is 4.28. The number of anilines is 1. The van der Waals surface area contributed by atoms with Gasteiger partial charge in [0.2, 0.25) is 0 Å². The Kier molecular flexibility index (Phi) is 4.17. The van der Waals surface area contributed by atoms with Crippen LogP contribution in [-0.4, -0.2) is 21.9 Å². The number of benzene rings is 1. The molecule has 0 aliphatic carbocycles. The van der Waals surface area contributed by atoms with Crippen molar-refractivity contribution in [1.29, 1.82) is 0 Å². The summed E-state index contributed by atoms with van der Waals surface area (Å²) in [5.41, 5.74) is 6.90. The summed E-state index contributed by atoms with van der Waals surface area (Å²) >= 11 is 5.89. The first kappa shape index (κ1) is 13.8. The third-order valence-corrected chi connectivity index (χ3v) is 2.86. The van der Waals surface area contributed by atoms with E-state index in [1.165, 1.54) is 18.5 Å². The number of pyridine rings is 1. The highest BCUT2D eigenvalue weighted by Crippen LogP contribution is 2.16. The van der Waals surface area contributed by atoms with E-state index in [9.17, 15) is 4.79 Å². The molecule has 0 bridgehead atoms. The molecule has 7 heteroatoms. The highest BCUT2D eigenvalue weighted by molar-refractivity contribution is 6.34. The quantitative estimate of drug-likeness (QED) is 0.349. The van der Waals surface area contributed by atoms with E-state index in [-0.39, 0.29) is 16.8 Å². The minimum absolute atomic E-state index is 0.0000507. The van der Waals surface area contributed by atoms with Crippen LogP contribution in [0.2, 0.25) is 5.02 Å². The van der Waals surface area contributed by atoms with Crippen molar-refractivity contribution in [2.24, 2.45) is 10.9 Å². The summed E-state index contributed by atoms with van der Waals surface area (Å²) in [6.07, 6.45) is 2.89. The van der Waals surface area contributed by atoms with Gasteiger partial charge in [-0.15, -0.1) is 0 Å². The first-order valence-corrected chi connectivity index (χ1v) is 5.98. The summed E-state index contributed by atoms with van der Waals surface area (Å²) in [5, 5.41) is 14.4. The lowest BCUT2D eigenvalue weighted by atomic mass is 10.2. The van der Waals surface area contributed by atoms with Crippen LogP contribution in [0.5, 0.6) is 0 Å². The molecule has 4 N–H and O–H groups in total. The highest BCUT2D eigenvalue weighted by Gasteiger charge is 2.10. The SMILES string of the molecule is NC(=NO)c1ccc(NC(=O)c2ccncc2Cl)cc1. The van der Waals surface area contributed by atoms with Crippen LogP contribution in [0.4, 0.5) is 5.69 Å². The standard InChI is InChI=1S/C13H11ClN4O2/c14-11-7-16-6-5-10(11)13(19)17-9-3-1-8(2-4-9)12(15)18-20/h1-7,20H,(H2,15,18)(H,17,19). The number of hydrogen-bond donors (Lipinski definition) is 3. The maximum absolute atomic E-state index is 12.0. The molecule has 0 saturated heterocycles. The van der Waals surface area contributed by atoms with Crippen molar-refractivity contribution in [3.8, 4) is 0 Å². The molecule has 2 rings (SSSR count). The number of halogens is 1. The number of carbonyl (C=O) groups excluding carboxylic acids is 1. The van der Waals surface area contributed by atoms with Gasteiger partial charge in [-0.2, -0.15) is 0 Å². The zero-order valence-electron chi connectivity index (χ0n) is 10.2. The molecule has 6 nitrogen and oxygen atoms in total. The average Bonchev–Trinajstić information content (AvgIpc) is 2.47. The third kappa shape index (κ3) is 3.04. The van der Waals surface area contributed by atoms with Crippen molar-refractivity contribution >= 4 is 29.0 Å². The van der Waals surface area contributed by atoms with Crippen LogP contribution >= 0.6 is 11.6 Å². The zero-order valence-corrected chi connectivity index (χ0v) is 11.0. The number of amidine groups is 1. The second kappa shape index (κ2) is 6.03. The number of rotatable bonds is 3. The third-order valence-electron chi connectivity index (χ3n) is 2.56. The fourth-order valence-electron chi connectivity index (χ4n) is 1.54. The van der Waals surface area contributed by atoms with Gasteiger partial charge in [0.15, 0.2) is 5.84 Å². The van der Waals surface area contributed by atoms with Crippen LogP contribution in [0.25, 0.3) is 0 Å². The van der Waals surface area contributed by atoms with Crippen LogP contribution < -0.4 is 11.1 Å². The predicted octanol–water partition coefficient (Wildman–Crippen LogP) is 2.08. The molecule has 20 heavy (non-hydrogen) atoms. The minimum atomic E-state index is -0.339. The Morgan fingerprint density at radius 1 is 1.30 bits per heavy atom. The number of hydrogen-bond acceptors (Lipinski definition) is 4. The summed E-state index contributed by atoms with van der Waals surface area (Å²) in [6, 6.07) is 8.06. The van der Waals surface area contributed by atoms with E-state index in [0.717, 1.165) is 0 Å². The summed E-state index contributed by atoms with van der Waals surface area (Å²) < 4.78 is 0. The second-order valence-electron chi connectivity index (χ2n) is 3.87. The van der Waals surface area contributed by atoms with Gasteiger partial charge in [0, 0.05) is 23.6 Å². The van der Waals surface area contributed by atoms with Crippen LogP contribution in [0, 0.1) is 0 Å². The Morgan fingerprint density at radius 3 is 2.60 bits per heavy atom. The molecule has 0 fully saturated rings. The average molecular weight is 291 g/mol. The predicted molar refractivity (Wildman–Crippen MR) is 76.2 cm³/mol. The molecular weight excluding hydrogens is 280 g/mol. The fourth-order valence-corrected chi connectivity index (χ4v) is 1.74. The topological polar surface area (TPSA) is 101 Å². The zero-order chi connectivity index (χ0) is 14.5. The summed E-state index contributed by atoms with van der Waals surface area (Å²) in [5.74, 6) is -0.339. The monoisotopic (exact) mass is 290 g/mol. The van der Waals surface area contributed by atoms with E-state index >= 15 is 0 Å². The molecule has 0 saturated carbocycles. The van der Waals surface area contributed by atoms with E-state index < -0.39 is 0 Å². The summed E-state index contributed by atoms with van der Waals surface area (Å²) in [4.78, 5) is 15.8. The number of amides is 1. The molecule has 0 spiro atoms. The van der Waals surface area contributed by atoms with E-state index in [2.05, 4.69) is 15.5 Å². The Bertz CT molecular complexity index is 656. The summed E-state index contributed by atoms with van der Waals surface area (Å²) in [6.45, 7) is 0. The highest BCUT2D eigenvalue weighted by atomic mass is 35.5. The van der Waals surface area contributed by atoms with Crippen molar-refractivity contribution < 1.29 is 10.0 Å². The van der Waals surface area contributed by atoms with E-state index in [4.69, 9.17) is 22.5 Å². The molecule has 0 aliphatic heterocycles. The first-order chi connectivity index (χ1) is 9.61. The molecule has 1 amide bonds. The van der Waals surface area contributed by atoms with Gasteiger partial charge in [0.05, 0.1) is 10.6 Å². The van der Waals surface area contributed by atoms with Crippen LogP contribution in [0.1, 0.15) is 15.9 Å². The van der Waals surface area contributed by atoms with Gasteiger partial charge >= 0.3 is 0 Å². The molecule has 0 atom stereocenters. The number of nitrogens with one attached hydrogen (secondary N) is 1. The molecule has 2 aromatic rings. The van der Waals surface area contributed by atoms with Gasteiger partial charge in [0.25, 0.3) is 5.91 Å². The van der Waals surface area contributed by atoms with Gasteiger partial charge in [0.1, 0.15) is 0 Å². The lowest BCUT2D eigenvalue weighted by Gasteiger charge is -2.07. The van der Waals surface area contributed by atoms with Gasteiger partial charge in [-0.1, -0.05) is 16.8 Å². The Balaban J connectivity index is 2.15. The minimum Gasteiger partial charge on any atom is -0.409 e. The number of oxime groups is 1. The van der Waals surface area contributed by atoms with Gasteiger partial charge in [-0.3, -0.25) is 9.78 Å². The molecular formula is C13H11ClN4O2. The Labute approximate surface area is 119 Å². The maximum Gasteiger partial charge on any atom is 0.257 e. The number of aromatic nitrogens is 1. The fraction of sp³-hybridized carbons (Fsp3) is 0. The van der Waals surface area contributed by atoms with Crippen LogP contribution in [0.3, 0.4) is 0 Å². The molecule has 102 valence electrons. The van der Waals surface area contributed by atoms with Crippen molar-refractivity contribution in [2.75, 3.05) is 5.32 Å². The van der Waals surface area contributed by atoms with Crippen LogP contribution in [0.15, 0.2) is 47.9 Å². The molecule has 1 heterocycles. The molecule has 0 unspecified atom stereocenters. The molecule has 0 aliphatic rings. The van der Waals surface area contributed by atoms with Gasteiger partial charge < -0.3 is 16.3 Å². The van der Waals surface area contributed by atoms with Crippen molar-refractivity contribution in [1.82, 2.24) is 4.98 Å². The Hall–Kier alpha value is -2.60. The van der Waals surface area contributed by atoms with E-state index in [1.54, 1.807) is 24.3 Å². The van der Waals surface area contributed by atoms with Gasteiger partial charge in [-0.05, 0) is 30.3 Å². The lowest BCUT2D eigenvalue weighted by molar-refractivity contribution is 0.102. The maximum atomic E-state index is 12.0. The number of nitrogens with zero attached hydrogens (tertiary/aromatic N) is 2. The number of nitrogens with two attached hydrogens (primary N) is 1. The smallest absolute Gasteiger partial charge is 0.257 e. The normalized spacial score (nSPS) is 11.2. The Morgan fingerprint density at radius 2 is 2.00 bits per heavy atom. The van der Waals surface area contributed by atoms with Crippen LogP contribution in [-0.2, 0) is 0 Å². The number of carbonyl (C=O) groups is 1. The van der Waals surface area contributed by atoms with Crippen molar-refractivity contribution in [3.63, 3.8) is 0 Å². The largest absolute Gasteiger partial charge is 0.409 e. The van der Waals surface area contributed by atoms with E-state index in [1.807, 2.05) is 0 Å².